The summed E-state index contributed by atoms with van der Waals surface area (Å²) in [5, 5.41) is 0. The first-order chi connectivity index (χ1) is 9.70. The number of piperidine rings is 1. The van der Waals surface area contributed by atoms with Crippen molar-refractivity contribution in [2.45, 2.75) is 19.4 Å². The zero-order valence-electron chi connectivity index (χ0n) is 11.6. The van der Waals surface area contributed by atoms with E-state index in [1.54, 1.807) is 4.90 Å². The molecule has 0 N–H and O–H groups in total. The Morgan fingerprint density at radius 1 is 1.30 bits per heavy atom. The van der Waals surface area contributed by atoms with Gasteiger partial charge in [0.25, 0.3) is 0 Å². The molecule has 1 fully saturated rings. The number of nitrogens with zero attached hydrogens (tertiary/aromatic N) is 1. The Labute approximate surface area is 118 Å². The van der Waals surface area contributed by atoms with Crippen molar-refractivity contribution in [1.29, 1.82) is 0 Å². The van der Waals surface area contributed by atoms with E-state index >= 15 is 0 Å². The predicted molar refractivity (Wildman–Crippen MR) is 72.9 cm³/mol. The van der Waals surface area contributed by atoms with Gasteiger partial charge >= 0.3 is 12.1 Å². The quantitative estimate of drug-likeness (QED) is 0.795. The fourth-order valence-electron chi connectivity index (χ4n) is 2.31. The van der Waals surface area contributed by atoms with Gasteiger partial charge in [-0.3, -0.25) is 4.79 Å². The third kappa shape index (κ3) is 3.73. The fraction of sp³-hybridized carbons (Fsp3) is 0.467. The molecule has 0 radical (unpaired) electrons. The van der Waals surface area contributed by atoms with Crippen LogP contribution in [0.25, 0.3) is 0 Å². The van der Waals surface area contributed by atoms with Crippen LogP contribution in [0, 0.1) is 5.92 Å². The minimum atomic E-state index is -0.373. The average Bonchev–Trinajstić information content (AvgIpc) is 2.53. The van der Waals surface area contributed by atoms with Gasteiger partial charge in [-0.15, -0.1) is 0 Å². The van der Waals surface area contributed by atoms with Crippen LogP contribution in [0.4, 0.5) is 4.79 Å². The molecule has 0 spiro atoms. The number of carbonyl (C=O) groups is 2. The first-order valence-electron chi connectivity index (χ1n) is 6.74. The molecule has 1 aromatic carbocycles. The van der Waals surface area contributed by atoms with Crippen molar-refractivity contribution in [1.82, 2.24) is 4.90 Å². The molecule has 0 saturated carbocycles. The van der Waals surface area contributed by atoms with Gasteiger partial charge in [0.1, 0.15) is 6.61 Å². The lowest BCUT2D eigenvalue weighted by Gasteiger charge is -2.30. The van der Waals surface area contributed by atoms with E-state index in [0.29, 0.717) is 13.1 Å². The van der Waals surface area contributed by atoms with Gasteiger partial charge in [0.2, 0.25) is 0 Å². The highest BCUT2D eigenvalue weighted by Crippen LogP contribution is 2.18. The van der Waals surface area contributed by atoms with Gasteiger partial charge in [-0.05, 0) is 18.4 Å². The maximum atomic E-state index is 12.0. The van der Waals surface area contributed by atoms with E-state index in [-0.39, 0.29) is 24.6 Å². The van der Waals surface area contributed by atoms with E-state index in [2.05, 4.69) is 0 Å². The second kappa shape index (κ2) is 6.93. The standard InChI is InChI=1S/C15H19NO4/c1-19-14(17)13-8-5-9-16(10-13)15(18)20-11-12-6-3-2-4-7-12/h2-4,6-7,13H,5,8-11H2,1H3. The summed E-state index contributed by atoms with van der Waals surface area (Å²) in [4.78, 5) is 25.1. The zero-order valence-corrected chi connectivity index (χ0v) is 11.6. The molecule has 1 atom stereocenters. The van der Waals surface area contributed by atoms with Crippen LogP contribution in [0.5, 0.6) is 0 Å². The molecule has 1 aliphatic heterocycles. The van der Waals surface area contributed by atoms with Crippen molar-refractivity contribution in [2.24, 2.45) is 5.92 Å². The molecule has 108 valence electrons. The molecule has 5 nitrogen and oxygen atoms in total. The third-order valence-electron chi connectivity index (χ3n) is 3.42. The molecule has 1 aliphatic rings. The number of amides is 1. The van der Waals surface area contributed by atoms with Crippen LogP contribution in [0.1, 0.15) is 18.4 Å². The summed E-state index contributed by atoms with van der Waals surface area (Å²) < 4.78 is 9.99. The maximum Gasteiger partial charge on any atom is 0.410 e. The van der Waals surface area contributed by atoms with Crippen LogP contribution in [-0.4, -0.2) is 37.2 Å². The minimum Gasteiger partial charge on any atom is -0.469 e. The number of carbonyl (C=O) groups excluding carboxylic acids is 2. The summed E-state index contributed by atoms with van der Waals surface area (Å²) in [5.41, 5.74) is 0.947. The first-order valence-corrected chi connectivity index (χ1v) is 6.74. The highest BCUT2D eigenvalue weighted by Gasteiger charge is 2.29. The number of likely N-dealkylation sites (tertiary alicyclic amines) is 1. The monoisotopic (exact) mass is 277 g/mol. The molecule has 1 unspecified atom stereocenters. The number of ether oxygens (including phenoxy) is 2. The fourth-order valence-corrected chi connectivity index (χ4v) is 2.31. The van der Waals surface area contributed by atoms with Crippen molar-refractivity contribution in [3.05, 3.63) is 35.9 Å². The topological polar surface area (TPSA) is 55.8 Å². The molecule has 1 amide bonds. The largest absolute Gasteiger partial charge is 0.469 e. The van der Waals surface area contributed by atoms with Crippen LogP contribution < -0.4 is 0 Å². The minimum absolute atomic E-state index is 0.238. The average molecular weight is 277 g/mol. The third-order valence-corrected chi connectivity index (χ3v) is 3.42. The van der Waals surface area contributed by atoms with Crippen LogP contribution in [0.15, 0.2) is 30.3 Å². The zero-order chi connectivity index (χ0) is 14.4. The molecule has 1 saturated heterocycles. The second-order valence-corrected chi connectivity index (χ2v) is 4.85. The van der Waals surface area contributed by atoms with Gasteiger partial charge in [-0.1, -0.05) is 30.3 Å². The van der Waals surface area contributed by atoms with Gasteiger partial charge in [0.05, 0.1) is 13.0 Å². The van der Waals surface area contributed by atoms with E-state index in [4.69, 9.17) is 9.47 Å². The summed E-state index contributed by atoms with van der Waals surface area (Å²) in [6, 6.07) is 9.52. The molecule has 1 aromatic rings. The highest BCUT2D eigenvalue weighted by molar-refractivity contribution is 5.74. The van der Waals surface area contributed by atoms with Gasteiger partial charge in [-0.2, -0.15) is 0 Å². The smallest absolute Gasteiger partial charge is 0.410 e. The number of hydrogen-bond acceptors (Lipinski definition) is 4. The summed E-state index contributed by atoms with van der Waals surface area (Å²) in [6.45, 7) is 1.25. The Kier molecular flexibility index (Phi) is 4.98. The molecule has 0 aromatic heterocycles. The molecule has 1 heterocycles. The van der Waals surface area contributed by atoms with Crippen LogP contribution in [-0.2, 0) is 20.9 Å². The predicted octanol–water partition coefficient (Wildman–Crippen LogP) is 2.21. The maximum absolute atomic E-state index is 12.0. The summed E-state index contributed by atoms with van der Waals surface area (Å²) in [5.74, 6) is -0.497. The Morgan fingerprint density at radius 2 is 2.05 bits per heavy atom. The number of esters is 1. The van der Waals surface area contributed by atoms with Crippen LogP contribution in [0.3, 0.4) is 0 Å². The molecule has 20 heavy (non-hydrogen) atoms. The number of hydrogen-bond donors (Lipinski definition) is 0. The van der Waals surface area contributed by atoms with Crippen molar-refractivity contribution in [2.75, 3.05) is 20.2 Å². The lowest BCUT2D eigenvalue weighted by Crippen LogP contribution is -2.42. The molecule has 0 bridgehead atoms. The van der Waals surface area contributed by atoms with E-state index in [1.807, 2.05) is 30.3 Å². The van der Waals surface area contributed by atoms with Crippen LogP contribution >= 0.6 is 0 Å². The summed E-state index contributed by atoms with van der Waals surface area (Å²) in [7, 11) is 1.37. The van der Waals surface area contributed by atoms with E-state index in [9.17, 15) is 9.59 Å². The Hall–Kier alpha value is -2.04. The van der Waals surface area contributed by atoms with Gasteiger partial charge in [0.15, 0.2) is 0 Å². The Bertz CT molecular complexity index is 460. The molecule has 5 heteroatoms. The number of benzene rings is 1. The van der Waals surface area contributed by atoms with E-state index in [1.165, 1.54) is 7.11 Å². The lowest BCUT2D eigenvalue weighted by atomic mass is 9.99. The van der Waals surface area contributed by atoms with E-state index < -0.39 is 0 Å². The summed E-state index contributed by atoms with van der Waals surface area (Å²) >= 11 is 0. The SMILES string of the molecule is COC(=O)C1CCCN(C(=O)OCc2ccccc2)C1. The van der Waals surface area contributed by atoms with Crippen molar-refractivity contribution in [3.63, 3.8) is 0 Å². The normalized spacial score (nSPS) is 18.4. The molecule has 2 rings (SSSR count). The van der Waals surface area contributed by atoms with Crippen LogP contribution in [0.2, 0.25) is 0 Å². The van der Waals surface area contributed by atoms with Gasteiger partial charge < -0.3 is 14.4 Å². The Morgan fingerprint density at radius 3 is 2.75 bits per heavy atom. The summed E-state index contributed by atoms with van der Waals surface area (Å²) in [6.07, 6.45) is 1.18. The van der Waals surface area contributed by atoms with Gasteiger partial charge in [-0.25, -0.2) is 4.79 Å². The lowest BCUT2D eigenvalue weighted by molar-refractivity contribution is -0.147. The number of rotatable bonds is 3. The second-order valence-electron chi connectivity index (χ2n) is 4.85. The van der Waals surface area contributed by atoms with Gasteiger partial charge in [0, 0.05) is 13.1 Å². The highest BCUT2D eigenvalue weighted by atomic mass is 16.6. The number of methoxy groups -OCH3 is 1. The van der Waals surface area contributed by atoms with Crippen molar-refractivity contribution < 1.29 is 19.1 Å². The van der Waals surface area contributed by atoms with Crippen molar-refractivity contribution in [3.8, 4) is 0 Å². The first kappa shape index (κ1) is 14.4. The molecular formula is C15H19NO4. The molecular weight excluding hydrogens is 258 g/mol. The molecule has 0 aliphatic carbocycles. The Balaban J connectivity index is 1.84. The van der Waals surface area contributed by atoms with Crippen molar-refractivity contribution >= 4 is 12.1 Å². The van der Waals surface area contributed by atoms with E-state index in [0.717, 1.165) is 18.4 Å².